The van der Waals surface area contributed by atoms with Gasteiger partial charge < -0.3 is 29.5 Å². The van der Waals surface area contributed by atoms with E-state index in [1.54, 1.807) is 18.2 Å². The van der Waals surface area contributed by atoms with E-state index in [0.29, 0.717) is 6.42 Å². The summed E-state index contributed by atoms with van der Waals surface area (Å²) in [6, 6.07) is 4.89. The molecule has 4 N–H and O–H groups in total. The fourth-order valence-corrected chi connectivity index (χ4v) is 3.11. The van der Waals surface area contributed by atoms with E-state index in [0.717, 1.165) is 5.56 Å². The Morgan fingerprint density at radius 3 is 2.52 bits per heavy atom. The molecule has 1 fully saturated rings. The maximum atomic E-state index is 11.1. The highest BCUT2D eigenvalue weighted by atomic mass is 32.3. The lowest BCUT2D eigenvalue weighted by molar-refractivity contribution is -0.271. The number of rotatable bonds is 8. The minimum absolute atomic E-state index is 0.125. The number of methoxy groups -OCH3 is 1. The molecule has 0 aliphatic carbocycles. The van der Waals surface area contributed by atoms with Gasteiger partial charge in [0.25, 0.3) is 0 Å². The lowest BCUT2D eigenvalue weighted by Crippen LogP contribution is -2.61. The standard InChI is InChI=1S/C16H22O10S/c1-3-4-9-5-6-10(11(7-9)23-2)24-16-15(26-27(20,21)22)14(19)13(18)12(8-17)25-16/h3,5-7,12-19H,1,4,8H2,2H3,(H,20,21,22)/t12-,13-,14+,15-,16-/m1/s1. The second-order valence-corrected chi connectivity index (χ2v) is 6.84. The topological polar surface area (TPSA) is 152 Å². The predicted molar refractivity (Wildman–Crippen MR) is 91.7 cm³/mol. The van der Waals surface area contributed by atoms with Gasteiger partial charge in [-0.1, -0.05) is 12.1 Å². The van der Waals surface area contributed by atoms with E-state index in [1.807, 2.05) is 0 Å². The molecule has 1 aromatic rings. The van der Waals surface area contributed by atoms with Crippen LogP contribution in [0.15, 0.2) is 30.9 Å². The Labute approximate surface area is 156 Å². The number of allylic oxidation sites excluding steroid dienone is 1. The Bertz CT molecular complexity index is 750. The Morgan fingerprint density at radius 2 is 1.96 bits per heavy atom. The molecule has 1 aromatic carbocycles. The summed E-state index contributed by atoms with van der Waals surface area (Å²) in [5, 5.41) is 29.3. The van der Waals surface area contributed by atoms with E-state index in [1.165, 1.54) is 13.2 Å². The minimum Gasteiger partial charge on any atom is -0.493 e. The Morgan fingerprint density at radius 1 is 1.26 bits per heavy atom. The first kappa shape index (κ1) is 21.6. The van der Waals surface area contributed by atoms with Crippen LogP contribution in [0, 0.1) is 0 Å². The normalized spacial score (nSPS) is 28.6. The molecule has 5 atom stereocenters. The summed E-state index contributed by atoms with van der Waals surface area (Å²) in [6.45, 7) is 2.97. The first-order valence-corrected chi connectivity index (χ1v) is 9.29. The van der Waals surface area contributed by atoms with Crippen molar-refractivity contribution in [2.24, 2.45) is 0 Å². The summed E-state index contributed by atoms with van der Waals surface area (Å²) in [7, 11) is -3.60. The molecule has 1 aliphatic rings. The van der Waals surface area contributed by atoms with Gasteiger partial charge in [-0.05, 0) is 24.1 Å². The molecule has 0 bridgehead atoms. The monoisotopic (exact) mass is 406 g/mol. The van der Waals surface area contributed by atoms with Crippen molar-refractivity contribution in [3.05, 3.63) is 36.4 Å². The van der Waals surface area contributed by atoms with Crippen molar-refractivity contribution in [2.45, 2.75) is 37.1 Å². The van der Waals surface area contributed by atoms with Gasteiger partial charge in [0, 0.05) is 0 Å². The van der Waals surface area contributed by atoms with Crippen LogP contribution >= 0.6 is 0 Å². The van der Waals surface area contributed by atoms with Crippen LogP contribution in [0.5, 0.6) is 11.5 Å². The van der Waals surface area contributed by atoms with Gasteiger partial charge in [0.1, 0.15) is 18.3 Å². The molecule has 0 radical (unpaired) electrons. The molecular formula is C16H22O10S. The summed E-state index contributed by atoms with van der Waals surface area (Å²) >= 11 is 0. The molecule has 0 unspecified atom stereocenters. The van der Waals surface area contributed by atoms with E-state index in [4.69, 9.17) is 18.8 Å². The lowest BCUT2D eigenvalue weighted by atomic mass is 9.99. The summed E-state index contributed by atoms with van der Waals surface area (Å²) in [4.78, 5) is 0. The van der Waals surface area contributed by atoms with Gasteiger partial charge in [0.15, 0.2) is 17.6 Å². The van der Waals surface area contributed by atoms with Crippen molar-refractivity contribution in [1.29, 1.82) is 0 Å². The van der Waals surface area contributed by atoms with Gasteiger partial charge in [-0.15, -0.1) is 6.58 Å². The molecule has 0 aromatic heterocycles. The highest BCUT2D eigenvalue weighted by Crippen LogP contribution is 2.33. The number of benzene rings is 1. The van der Waals surface area contributed by atoms with Gasteiger partial charge in [0.05, 0.1) is 13.7 Å². The second kappa shape index (κ2) is 8.97. The average Bonchev–Trinajstić information content (AvgIpc) is 2.61. The maximum absolute atomic E-state index is 11.1. The zero-order valence-corrected chi connectivity index (χ0v) is 15.3. The van der Waals surface area contributed by atoms with Crippen LogP contribution in [0.3, 0.4) is 0 Å². The molecule has 1 saturated heterocycles. The van der Waals surface area contributed by atoms with E-state index < -0.39 is 47.7 Å². The van der Waals surface area contributed by atoms with E-state index in [9.17, 15) is 23.7 Å². The number of hydrogen-bond acceptors (Lipinski definition) is 9. The summed E-state index contributed by atoms with van der Waals surface area (Å²) in [6.07, 6.45) is -5.87. The van der Waals surface area contributed by atoms with Crippen molar-refractivity contribution in [2.75, 3.05) is 13.7 Å². The molecule has 1 aliphatic heterocycles. The van der Waals surface area contributed by atoms with Crippen LogP contribution in [0.25, 0.3) is 0 Å². The van der Waals surface area contributed by atoms with Gasteiger partial charge >= 0.3 is 10.4 Å². The van der Waals surface area contributed by atoms with Gasteiger partial charge in [-0.2, -0.15) is 8.42 Å². The molecule has 2 rings (SSSR count). The van der Waals surface area contributed by atoms with Gasteiger partial charge in [-0.25, -0.2) is 4.18 Å². The largest absolute Gasteiger partial charge is 0.493 e. The predicted octanol–water partition coefficient (Wildman–Crippen LogP) is -0.570. The van der Waals surface area contributed by atoms with E-state index >= 15 is 0 Å². The summed E-state index contributed by atoms with van der Waals surface area (Å²) < 4.78 is 51.6. The maximum Gasteiger partial charge on any atom is 0.397 e. The zero-order chi connectivity index (χ0) is 20.2. The number of hydrogen-bond donors (Lipinski definition) is 4. The highest BCUT2D eigenvalue weighted by molar-refractivity contribution is 7.80. The lowest BCUT2D eigenvalue weighted by Gasteiger charge is -2.40. The first-order chi connectivity index (χ1) is 12.7. The van der Waals surface area contributed by atoms with Crippen LogP contribution in [-0.4, -0.2) is 72.7 Å². The third kappa shape index (κ3) is 5.39. The van der Waals surface area contributed by atoms with Crippen LogP contribution in [0.4, 0.5) is 0 Å². The Balaban J connectivity index is 2.32. The molecule has 27 heavy (non-hydrogen) atoms. The van der Waals surface area contributed by atoms with Crippen molar-refractivity contribution in [1.82, 2.24) is 0 Å². The Kier molecular flexibility index (Phi) is 7.17. The Hall–Kier alpha value is -1.73. The van der Waals surface area contributed by atoms with E-state index in [-0.39, 0.29) is 11.5 Å². The van der Waals surface area contributed by atoms with Gasteiger partial charge in [0.2, 0.25) is 6.29 Å². The van der Waals surface area contributed by atoms with Crippen LogP contribution in [-0.2, 0) is 25.7 Å². The molecular weight excluding hydrogens is 384 g/mol. The van der Waals surface area contributed by atoms with Crippen LogP contribution < -0.4 is 9.47 Å². The first-order valence-electron chi connectivity index (χ1n) is 7.92. The summed E-state index contributed by atoms with van der Waals surface area (Å²) in [5.41, 5.74) is 0.869. The fourth-order valence-electron chi connectivity index (χ4n) is 2.62. The van der Waals surface area contributed by atoms with Crippen molar-refractivity contribution < 1.29 is 46.7 Å². The van der Waals surface area contributed by atoms with Crippen molar-refractivity contribution >= 4 is 10.4 Å². The highest BCUT2D eigenvalue weighted by Gasteiger charge is 2.48. The quantitative estimate of drug-likeness (QED) is 0.326. The molecule has 0 spiro atoms. The van der Waals surface area contributed by atoms with Crippen molar-refractivity contribution in [3.63, 3.8) is 0 Å². The number of ether oxygens (including phenoxy) is 3. The minimum atomic E-state index is -5.00. The number of aliphatic hydroxyl groups excluding tert-OH is 3. The van der Waals surface area contributed by atoms with E-state index in [2.05, 4.69) is 10.8 Å². The number of aliphatic hydroxyl groups is 3. The molecule has 0 amide bonds. The van der Waals surface area contributed by atoms with Crippen LogP contribution in [0.2, 0.25) is 0 Å². The molecule has 11 heteroatoms. The van der Waals surface area contributed by atoms with Crippen molar-refractivity contribution in [3.8, 4) is 11.5 Å². The van der Waals surface area contributed by atoms with Crippen LogP contribution in [0.1, 0.15) is 5.56 Å². The SMILES string of the molecule is C=CCc1ccc(O[C@@H]2O[C@H](CO)[C@@H](O)[C@H](O)[C@H]2OS(=O)(=O)O)c(OC)c1. The average molecular weight is 406 g/mol. The smallest absolute Gasteiger partial charge is 0.397 e. The third-order valence-corrected chi connectivity index (χ3v) is 4.37. The summed E-state index contributed by atoms with van der Waals surface area (Å²) in [5.74, 6) is 0.407. The molecule has 1 heterocycles. The molecule has 10 nitrogen and oxygen atoms in total. The molecule has 152 valence electrons. The fraction of sp³-hybridized carbons (Fsp3) is 0.500. The third-order valence-electron chi connectivity index (χ3n) is 3.91. The zero-order valence-electron chi connectivity index (χ0n) is 14.5. The second-order valence-electron chi connectivity index (χ2n) is 5.79. The molecule has 0 saturated carbocycles. The van der Waals surface area contributed by atoms with Gasteiger partial charge in [-0.3, -0.25) is 4.55 Å².